The largest absolute Gasteiger partial charge is 0.466 e. The molecular formula is C16H18ClNO3S. The Morgan fingerprint density at radius 1 is 1.36 bits per heavy atom. The Balaban J connectivity index is 1.71. The minimum absolute atomic E-state index is 0.112. The van der Waals surface area contributed by atoms with Crippen LogP contribution in [0.3, 0.4) is 0 Å². The molecule has 0 spiro atoms. The molecule has 1 atom stereocenters. The van der Waals surface area contributed by atoms with Gasteiger partial charge < -0.3 is 14.8 Å². The number of carbonyl (C=O) groups is 1. The zero-order valence-corrected chi connectivity index (χ0v) is 13.8. The number of hydrogen-bond donors (Lipinski definition) is 2. The van der Waals surface area contributed by atoms with E-state index in [9.17, 15) is 9.90 Å². The van der Waals surface area contributed by atoms with Crippen LogP contribution in [0.5, 0.6) is 0 Å². The number of amides is 1. The second-order valence-corrected chi connectivity index (χ2v) is 6.57. The zero-order chi connectivity index (χ0) is 16.0. The Kier molecular flexibility index (Phi) is 5.94. The molecule has 0 bridgehead atoms. The van der Waals surface area contributed by atoms with Gasteiger partial charge in [0.25, 0.3) is 0 Å². The molecule has 22 heavy (non-hydrogen) atoms. The number of furan rings is 1. The molecule has 1 unspecified atom stereocenters. The highest BCUT2D eigenvalue weighted by Gasteiger charge is 2.26. The van der Waals surface area contributed by atoms with Crippen molar-refractivity contribution in [3.63, 3.8) is 0 Å². The van der Waals surface area contributed by atoms with Crippen LogP contribution < -0.4 is 5.32 Å². The molecule has 2 N–H and O–H groups in total. The molecule has 0 fully saturated rings. The van der Waals surface area contributed by atoms with Gasteiger partial charge in [-0.2, -0.15) is 0 Å². The van der Waals surface area contributed by atoms with Crippen molar-refractivity contribution in [3.05, 3.63) is 59.0 Å². The lowest BCUT2D eigenvalue weighted by Crippen LogP contribution is -2.39. The van der Waals surface area contributed by atoms with Gasteiger partial charge in [0, 0.05) is 10.8 Å². The summed E-state index contributed by atoms with van der Waals surface area (Å²) in [7, 11) is 0. The number of hydrogen-bond acceptors (Lipinski definition) is 4. The Labute approximate surface area is 138 Å². The number of benzene rings is 1. The fourth-order valence-corrected chi connectivity index (χ4v) is 2.78. The van der Waals surface area contributed by atoms with Gasteiger partial charge in [0.1, 0.15) is 11.4 Å². The zero-order valence-electron chi connectivity index (χ0n) is 12.2. The van der Waals surface area contributed by atoms with Crippen LogP contribution in [0.1, 0.15) is 18.2 Å². The second-order valence-electron chi connectivity index (χ2n) is 5.15. The highest BCUT2D eigenvalue weighted by molar-refractivity contribution is 7.99. The van der Waals surface area contributed by atoms with Gasteiger partial charge in [-0.15, -0.1) is 11.8 Å². The summed E-state index contributed by atoms with van der Waals surface area (Å²) in [5.74, 6) is 1.38. The molecule has 6 heteroatoms. The highest BCUT2D eigenvalue weighted by Crippen LogP contribution is 2.20. The van der Waals surface area contributed by atoms with E-state index in [0.29, 0.717) is 16.5 Å². The average Bonchev–Trinajstić information content (AvgIpc) is 3.02. The van der Waals surface area contributed by atoms with E-state index in [0.717, 1.165) is 11.3 Å². The molecule has 0 saturated carbocycles. The lowest BCUT2D eigenvalue weighted by atomic mass is 10.0. The van der Waals surface area contributed by atoms with Crippen LogP contribution in [0.2, 0.25) is 5.02 Å². The third kappa shape index (κ3) is 5.09. The van der Waals surface area contributed by atoms with E-state index in [1.54, 1.807) is 19.1 Å². The normalized spacial score (nSPS) is 13.6. The van der Waals surface area contributed by atoms with Crippen molar-refractivity contribution in [2.24, 2.45) is 0 Å². The molecular weight excluding hydrogens is 322 g/mol. The van der Waals surface area contributed by atoms with Gasteiger partial charge in [0.2, 0.25) is 5.91 Å². The Morgan fingerprint density at radius 3 is 2.73 bits per heavy atom. The minimum Gasteiger partial charge on any atom is -0.466 e. The first-order valence-corrected chi connectivity index (χ1v) is 8.36. The van der Waals surface area contributed by atoms with Gasteiger partial charge in [0.05, 0.1) is 18.6 Å². The van der Waals surface area contributed by atoms with Crippen molar-refractivity contribution < 1.29 is 14.3 Å². The van der Waals surface area contributed by atoms with Gasteiger partial charge in [-0.05, 0) is 36.8 Å². The van der Waals surface area contributed by atoms with Crippen molar-refractivity contribution in [1.82, 2.24) is 5.32 Å². The van der Waals surface area contributed by atoms with Crippen molar-refractivity contribution in [2.75, 3.05) is 12.3 Å². The maximum Gasteiger partial charge on any atom is 0.230 e. The molecule has 0 aliphatic carbocycles. The molecule has 118 valence electrons. The summed E-state index contributed by atoms with van der Waals surface area (Å²) in [6.07, 6.45) is 1.49. The molecule has 2 rings (SSSR count). The Morgan fingerprint density at radius 2 is 2.09 bits per heavy atom. The van der Waals surface area contributed by atoms with Crippen molar-refractivity contribution in [1.29, 1.82) is 0 Å². The van der Waals surface area contributed by atoms with E-state index < -0.39 is 5.60 Å². The third-order valence-electron chi connectivity index (χ3n) is 3.10. The summed E-state index contributed by atoms with van der Waals surface area (Å²) in [6, 6.07) is 10.9. The summed E-state index contributed by atoms with van der Waals surface area (Å²) in [4.78, 5) is 11.8. The molecule has 0 saturated heterocycles. The molecule has 1 aromatic carbocycles. The number of carbonyl (C=O) groups excluding carboxylic acids is 1. The fourth-order valence-electron chi connectivity index (χ4n) is 1.84. The number of aliphatic hydroxyl groups is 1. The SMILES string of the molecule is CC(O)(CNC(=O)CSCc1ccc(Cl)cc1)c1ccco1. The lowest BCUT2D eigenvalue weighted by molar-refractivity contribution is -0.119. The molecule has 1 heterocycles. The van der Waals surface area contributed by atoms with Gasteiger partial charge in [-0.3, -0.25) is 4.79 Å². The summed E-state index contributed by atoms with van der Waals surface area (Å²) in [5.41, 5.74) is -0.0928. The number of rotatable bonds is 7. The molecule has 2 aromatic rings. The molecule has 0 aliphatic rings. The molecule has 4 nitrogen and oxygen atoms in total. The molecule has 1 aromatic heterocycles. The summed E-state index contributed by atoms with van der Waals surface area (Å²) >= 11 is 7.33. The summed E-state index contributed by atoms with van der Waals surface area (Å²) in [5, 5.41) is 13.6. The maximum atomic E-state index is 11.8. The van der Waals surface area contributed by atoms with Gasteiger partial charge in [-0.1, -0.05) is 23.7 Å². The Bertz CT molecular complexity index is 596. The van der Waals surface area contributed by atoms with Crippen LogP contribution in [0.25, 0.3) is 0 Å². The lowest BCUT2D eigenvalue weighted by Gasteiger charge is -2.21. The van der Waals surface area contributed by atoms with Crippen molar-refractivity contribution in [3.8, 4) is 0 Å². The number of halogens is 1. The average molecular weight is 340 g/mol. The van der Waals surface area contributed by atoms with Crippen LogP contribution in [-0.4, -0.2) is 23.3 Å². The second kappa shape index (κ2) is 7.72. The topological polar surface area (TPSA) is 62.5 Å². The van der Waals surface area contributed by atoms with Crippen molar-refractivity contribution >= 4 is 29.3 Å². The van der Waals surface area contributed by atoms with Gasteiger partial charge >= 0.3 is 0 Å². The smallest absolute Gasteiger partial charge is 0.230 e. The van der Waals surface area contributed by atoms with Gasteiger partial charge in [0.15, 0.2) is 0 Å². The molecule has 0 aliphatic heterocycles. The van der Waals surface area contributed by atoms with Crippen LogP contribution in [0, 0.1) is 0 Å². The highest BCUT2D eigenvalue weighted by atomic mass is 35.5. The van der Waals surface area contributed by atoms with Crippen LogP contribution >= 0.6 is 23.4 Å². The van der Waals surface area contributed by atoms with Crippen LogP contribution in [-0.2, 0) is 16.1 Å². The van der Waals surface area contributed by atoms with E-state index in [1.165, 1.54) is 18.0 Å². The minimum atomic E-state index is -1.21. The van der Waals surface area contributed by atoms with Gasteiger partial charge in [-0.25, -0.2) is 0 Å². The monoisotopic (exact) mass is 339 g/mol. The standard InChI is InChI=1S/C16H18ClNO3S/c1-16(20,14-3-2-8-21-14)11-18-15(19)10-22-9-12-4-6-13(17)7-5-12/h2-8,20H,9-11H2,1H3,(H,18,19). The van der Waals surface area contributed by atoms with E-state index in [1.807, 2.05) is 24.3 Å². The van der Waals surface area contributed by atoms with E-state index in [4.69, 9.17) is 16.0 Å². The van der Waals surface area contributed by atoms with Crippen molar-refractivity contribution in [2.45, 2.75) is 18.3 Å². The van der Waals surface area contributed by atoms with Crippen LogP contribution in [0.4, 0.5) is 0 Å². The third-order valence-corrected chi connectivity index (χ3v) is 4.35. The predicted octanol–water partition coefficient (Wildman–Crippen LogP) is 3.19. The fraction of sp³-hybridized carbons (Fsp3) is 0.312. The first kappa shape index (κ1) is 16.9. The van der Waals surface area contributed by atoms with E-state index in [-0.39, 0.29) is 12.5 Å². The molecule has 0 radical (unpaired) electrons. The predicted molar refractivity (Wildman–Crippen MR) is 88.9 cm³/mol. The first-order chi connectivity index (χ1) is 10.5. The van der Waals surface area contributed by atoms with E-state index >= 15 is 0 Å². The summed E-state index contributed by atoms with van der Waals surface area (Å²) < 4.78 is 5.16. The Hall–Kier alpha value is -1.43. The number of thioether (sulfide) groups is 1. The molecule has 1 amide bonds. The van der Waals surface area contributed by atoms with Crippen LogP contribution in [0.15, 0.2) is 47.1 Å². The first-order valence-electron chi connectivity index (χ1n) is 6.82. The summed E-state index contributed by atoms with van der Waals surface area (Å²) in [6.45, 7) is 1.72. The number of nitrogens with one attached hydrogen (secondary N) is 1. The quantitative estimate of drug-likeness (QED) is 0.813. The van der Waals surface area contributed by atoms with E-state index in [2.05, 4.69) is 5.32 Å². The maximum absolute atomic E-state index is 11.8.